The second-order valence-corrected chi connectivity index (χ2v) is 15.8. The van der Waals surface area contributed by atoms with E-state index in [2.05, 4.69) is 12.1 Å². The smallest absolute Gasteiger partial charge is 0.173 e. The monoisotopic (exact) mass is 596 g/mol. The Morgan fingerprint density at radius 1 is 0.500 bits per heavy atom. The Kier molecular flexibility index (Phi) is 5.91. The third-order valence-electron chi connectivity index (χ3n) is 12.7. The molecule has 44 heavy (non-hydrogen) atoms. The molecule has 8 bridgehead atoms. The molecule has 230 valence electrons. The Bertz CT molecular complexity index is 1460. The van der Waals surface area contributed by atoms with Crippen LogP contribution >= 0.6 is 0 Å². The Morgan fingerprint density at radius 3 is 1.11 bits per heavy atom. The van der Waals surface area contributed by atoms with Gasteiger partial charge in [-0.25, -0.2) is 8.78 Å². The zero-order chi connectivity index (χ0) is 29.8. The lowest BCUT2D eigenvalue weighted by Crippen LogP contribution is -2.49. The molecular formula is C38H42F2N2O2. The van der Waals surface area contributed by atoms with E-state index < -0.39 is 11.6 Å². The summed E-state index contributed by atoms with van der Waals surface area (Å²) in [5, 5.41) is 0. The molecule has 4 nitrogen and oxygen atoms in total. The number of ether oxygens (including phenoxy) is 2. The van der Waals surface area contributed by atoms with Gasteiger partial charge in [0.05, 0.1) is 11.4 Å². The maximum Gasteiger partial charge on any atom is 0.173 e. The van der Waals surface area contributed by atoms with Crippen LogP contribution in [0.2, 0.25) is 0 Å². The van der Waals surface area contributed by atoms with Crippen molar-refractivity contribution in [2.75, 3.05) is 11.5 Å². The van der Waals surface area contributed by atoms with Crippen molar-refractivity contribution < 1.29 is 18.3 Å². The molecular weight excluding hydrogens is 554 g/mol. The van der Waals surface area contributed by atoms with E-state index in [9.17, 15) is 8.78 Å². The van der Waals surface area contributed by atoms with E-state index in [4.69, 9.17) is 20.9 Å². The highest BCUT2D eigenvalue weighted by Crippen LogP contribution is 2.66. The molecule has 8 saturated carbocycles. The van der Waals surface area contributed by atoms with Crippen LogP contribution in [0.1, 0.15) is 88.2 Å². The summed E-state index contributed by atoms with van der Waals surface area (Å²) in [5.41, 5.74) is 14.7. The number of hydrogen-bond acceptors (Lipinski definition) is 4. The Balaban J connectivity index is 1.26. The van der Waals surface area contributed by atoms with Crippen molar-refractivity contribution in [3.8, 4) is 23.0 Å². The molecule has 0 aliphatic heterocycles. The van der Waals surface area contributed by atoms with E-state index in [1.165, 1.54) is 100 Å². The normalized spacial score (nSPS) is 36.1. The lowest BCUT2D eigenvalue weighted by molar-refractivity contribution is -0.00832. The minimum Gasteiger partial charge on any atom is -0.453 e. The van der Waals surface area contributed by atoms with E-state index in [-0.39, 0.29) is 22.2 Å². The summed E-state index contributed by atoms with van der Waals surface area (Å²) in [4.78, 5) is 0. The fourth-order valence-corrected chi connectivity index (χ4v) is 11.9. The molecule has 0 spiro atoms. The van der Waals surface area contributed by atoms with E-state index in [0.29, 0.717) is 11.5 Å². The van der Waals surface area contributed by atoms with Gasteiger partial charge in [0, 0.05) is 23.3 Å². The van der Waals surface area contributed by atoms with Crippen LogP contribution in [0.15, 0.2) is 48.5 Å². The zero-order valence-corrected chi connectivity index (χ0v) is 25.3. The maximum absolute atomic E-state index is 14.3. The van der Waals surface area contributed by atoms with Gasteiger partial charge in [0.15, 0.2) is 11.5 Å². The third kappa shape index (κ3) is 4.26. The average Bonchev–Trinajstić information content (AvgIpc) is 2.96. The number of hydrogen-bond donors (Lipinski definition) is 2. The molecule has 0 unspecified atom stereocenters. The van der Waals surface area contributed by atoms with E-state index >= 15 is 0 Å². The summed E-state index contributed by atoms with van der Waals surface area (Å²) < 4.78 is 42.4. The second kappa shape index (κ2) is 9.61. The van der Waals surface area contributed by atoms with Crippen LogP contribution in [-0.2, 0) is 10.8 Å². The first-order chi connectivity index (χ1) is 21.2. The fourth-order valence-electron chi connectivity index (χ4n) is 11.9. The summed E-state index contributed by atoms with van der Waals surface area (Å²) in [6.07, 6.45) is 15.0. The highest BCUT2D eigenvalue weighted by molar-refractivity contribution is 5.62. The second-order valence-electron chi connectivity index (χ2n) is 15.8. The zero-order valence-electron chi connectivity index (χ0n) is 25.3. The van der Waals surface area contributed by atoms with Crippen LogP contribution in [0.5, 0.6) is 23.0 Å². The molecule has 3 aromatic rings. The maximum atomic E-state index is 14.3. The number of halogens is 2. The van der Waals surface area contributed by atoms with Crippen molar-refractivity contribution in [2.24, 2.45) is 35.5 Å². The number of benzene rings is 3. The molecule has 6 heteroatoms. The van der Waals surface area contributed by atoms with Gasteiger partial charge in [0.1, 0.15) is 23.1 Å². The van der Waals surface area contributed by atoms with Crippen molar-refractivity contribution >= 4 is 11.4 Å². The summed E-state index contributed by atoms with van der Waals surface area (Å²) in [6, 6.07) is 14.0. The SMILES string of the molecule is Nc1cc(Oc2c(C34CC5CC(CC(C5)C3)C4)ccc(C34CC5CC(CC(C5)C3)C4)c2Oc2ccc(F)c(N)c2)ccc1F. The highest BCUT2D eigenvalue weighted by Gasteiger charge is 2.55. The summed E-state index contributed by atoms with van der Waals surface area (Å²) in [6.45, 7) is 0. The molecule has 0 heterocycles. The van der Waals surface area contributed by atoms with Crippen LogP contribution in [0.25, 0.3) is 0 Å². The third-order valence-corrected chi connectivity index (χ3v) is 12.7. The molecule has 4 N–H and O–H groups in total. The molecule has 0 aromatic heterocycles. The molecule has 0 atom stereocenters. The van der Waals surface area contributed by atoms with Crippen LogP contribution < -0.4 is 20.9 Å². The van der Waals surface area contributed by atoms with E-state index in [1.54, 1.807) is 24.3 Å². The number of nitrogens with two attached hydrogens (primary N) is 2. The molecule has 0 saturated heterocycles. The average molecular weight is 597 g/mol. The first-order valence-corrected chi connectivity index (χ1v) is 16.9. The van der Waals surface area contributed by atoms with E-state index in [0.717, 1.165) is 47.0 Å². The Hall–Kier alpha value is -3.28. The molecule has 8 aliphatic rings. The largest absolute Gasteiger partial charge is 0.453 e. The first kappa shape index (κ1) is 27.1. The van der Waals surface area contributed by atoms with Crippen molar-refractivity contribution in [1.82, 2.24) is 0 Å². The molecule has 11 rings (SSSR count). The predicted molar refractivity (Wildman–Crippen MR) is 168 cm³/mol. The van der Waals surface area contributed by atoms with Crippen molar-refractivity contribution in [3.05, 3.63) is 71.3 Å². The lowest BCUT2D eigenvalue weighted by Gasteiger charge is -2.58. The van der Waals surface area contributed by atoms with Crippen LogP contribution in [0, 0.1) is 47.1 Å². The molecule has 0 radical (unpaired) electrons. The topological polar surface area (TPSA) is 70.5 Å². The predicted octanol–water partition coefficient (Wildman–Crippen LogP) is 9.65. The van der Waals surface area contributed by atoms with Gasteiger partial charge in [0.25, 0.3) is 0 Å². The van der Waals surface area contributed by atoms with Crippen molar-refractivity contribution in [3.63, 3.8) is 0 Å². The van der Waals surface area contributed by atoms with Crippen molar-refractivity contribution in [2.45, 2.75) is 87.9 Å². The van der Waals surface area contributed by atoms with Gasteiger partial charge in [-0.15, -0.1) is 0 Å². The van der Waals surface area contributed by atoms with Crippen LogP contribution in [0.3, 0.4) is 0 Å². The Labute approximate surface area is 258 Å². The van der Waals surface area contributed by atoms with Gasteiger partial charge in [-0.1, -0.05) is 12.1 Å². The van der Waals surface area contributed by atoms with Gasteiger partial charge in [-0.3, -0.25) is 0 Å². The summed E-state index contributed by atoms with van der Waals surface area (Å²) >= 11 is 0. The van der Waals surface area contributed by atoms with Gasteiger partial charge in [0.2, 0.25) is 0 Å². The van der Waals surface area contributed by atoms with Gasteiger partial charge in [-0.05, 0) is 148 Å². The lowest BCUT2D eigenvalue weighted by atomic mass is 9.47. The minimum atomic E-state index is -0.459. The number of rotatable bonds is 6. The van der Waals surface area contributed by atoms with Crippen LogP contribution in [0.4, 0.5) is 20.2 Å². The molecule has 0 amide bonds. The highest BCUT2D eigenvalue weighted by atomic mass is 19.1. The molecule has 3 aromatic carbocycles. The number of nitrogen functional groups attached to an aromatic ring is 2. The quantitative estimate of drug-likeness (QED) is 0.278. The van der Waals surface area contributed by atoms with Gasteiger partial charge >= 0.3 is 0 Å². The Morgan fingerprint density at radius 2 is 0.818 bits per heavy atom. The minimum absolute atomic E-state index is 0.0234. The molecule has 8 fully saturated rings. The standard InChI is InChI=1S/C38H42F2N2O2/c39-31-5-1-27(13-33(31)41)43-35-29(37-15-21-7-22(16-37)9-23(8-21)17-37)3-4-30(36(35)44-28-2-6-32(40)34(42)14-28)38-18-24-10-25(19-38)12-26(11-24)20-38/h1-6,13-14,21-26H,7-12,15-20,41-42H2. The summed E-state index contributed by atoms with van der Waals surface area (Å²) in [7, 11) is 0. The van der Waals surface area contributed by atoms with E-state index in [1.807, 2.05) is 0 Å². The van der Waals surface area contributed by atoms with Crippen molar-refractivity contribution in [1.29, 1.82) is 0 Å². The first-order valence-electron chi connectivity index (χ1n) is 16.9. The fraction of sp³-hybridized carbons (Fsp3) is 0.526. The van der Waals surface area contributed by atoms with Crippen LogP contribution in [-0.4, -0.2) is 0 Å². The molecule has 8 aliphatic carbocycles. The number of anilines is 2. The van der Waals surface area contributed by atoms with Gasteiger partial charge < -0.3 is 20.9 Å². The van der Waals surface area contributed by atoms with Gasteiger partial charge in [-0.2, -0.15) is 0 Å². The summed E-state index contributed by atoms with van der Waals surface area (Å²) in [5.74, 6) is 6.04.